The summed E-state index contributed by atoms with van der Waals surface area (Å²) in [6, 6.07) is 8.15. The van der Waals surface area contributed by atoms with E-state index in [1.807, 2.05) is 18.2 Å². The van der Waals surface area contributed by atoms with Crippen molar-refractivity contribution < 1.29 is 9.59 Å². The minimum absolute atomic E-state index is 0.153. The molecule has 0 radical (unpaired) electrons. The van der Waals surface area contributed by atoms with Crippen LogP contribution in [-0.4, -0.2) is 41.0 Å². The first kappa shape index (κ1) is 18.4. The maximum absolute atomic E-state index is 12.4. The Morgan fingerprint density at radius 3 is 2.70 bits per heavy atom. The number of benzene rings is 1. The van der Waals surface area contributed by atoms with Crippen molar-refractivity contribution in [3.8, 4) is 0 Å². The molecule has 3 amide bonds. The molecule has 1 aliphatic heterocycles. The molecule has 1 unspecified atom stereocenters. The number of para-hydroxylation sites is 1. The van der Waals surface area contributed by atoms with Crippen molar-refractivity contribution in [3.05, 3.63) is 29.3 Å². The third kappa shape index (κ3) is 4.47. The summed E-state index contributed by atoms with van der Waals surface area (Å²) in [6.07, 6.45) is 7.53. The molecule has 1 saturated carbocycles. The zero-order valence-electron chi connectivity index (χ0n) is 15.4. The third-order valence-electron chi connectivity index (χ3n) is 5.50. The average molecular weight is 387 g/mol. The molecule has 7 heteroatoms. The number of carbonyl (C=O) groups excluding carboxylic acids is 2. The van der Waals surface area contributed by atoms with Gasteiger partial charge in [-0.1, -0.05) is 31.4 Å². The molecule has 4 rings (SSSR count). The van der Waals surface area contributed by atoms with Gasteiger partial charge in [-0.3, -0.25) is 15.0 Å². The van der Waals surface area contributed by atoms with E-state index in [0.29, 0.717) is 0 Å². The van der Waals surface area contributed by atoms with Gasteiger partial charge in [0.05, 0.1) is 22.8 Å². The second kappa shape index (κ2) is 8.35. The maximum Gasteiger partial charge on any atom is 0.321 e. The number of rotatable bonds is 4. The van der Waals surface area contributed by atoms with Gasteiger partial charge in [-0.2, -0.15) is 0 Å². The maximum atomic E-state index is 12.4. The second-order valence-electron chi connectivity index (χ2n) is 7.50. The van der Waals surface area contributed by atoms with Crippen molar-refractivity contribution in [1.29, 1.82) is 0 Å². The van der Waals surface area contributed by atoms with E-state index in [1.54, 1.807) is 11.3 Å². The lowest BCUT2D eigenvalue weighted by Gasteiger charge is -2.33. The molecule has 0 spiro atoms. The summed E-state index contributed by atoms with van der Waals surface area (Å²) in [5.41, 5.74) is 1.02. The van der Waals surface area contributed by atoms with Crippen LogP contribution in [-0.2, 0) is 4.79 Å². The molecule has 144 valence electrons. The zero-order chi connectivity index (χ0) is 18.6. The Balaban J connectivity index is 1.38. The monoisotopic (exact) mass is 386 g/mol. The number of piperidine rings is 1. The van der Waals surface area contributed by atoms with Gasteiger partial charge in [0.2, 0.25) is 5.91 Å². The molecule has 1 aromatic heterocycles. The number of imide groups is 1. The molecule has 2 fully saturated rings. The van der Waals surface area contributed by atoms with Gasteiger partial charge in [0.1, 0.15) is 5.01 Å². The van der Waals surface area contributed by atoms with Crippen LogP contribution in [0, 0.1) is 0 Å². The SMILES string of the molecule is O=C(CN1CCCCC1c1nc2ccccc2s1)NC(=O)NC1CCCC1. The van der Waals surface area contributed by atoms with Gasteiger partial charge in [0.25, 0.3) is 0 Å². The summed E-state index contributed by atoms with van der Waals surface area (Å²) < 4.78 is 1.18. The number of fused-ring (bicyclic) bond motifs is 1. The summed E-state index contributed by atoms with van der Waals surface area (Å²) in [4.78, 5) is 31.4. The molecule has 2 heterocycles. The van der Waals surface area contributed by atoms with Crippen molar-refractivity contribution in [3.63, 3.8) is 0 Å². The fourth-order valence-corrected chi connectivity index (χ4v) is 5.27. The van der Waals surface area contributed by atoms with Crippen molar-refractivity contribution in [2.24, 2.45) is 0 Å². The summed E-state index contributed by atoms with van der Waals surface area (Å²) in [5, 5.41) is 6.48. The van der Waals surface area contributed by atoms with Crippen LogP contribution in [0.5, 0.6) is 0 Å². The molecule has 27 heavy (non-hydrogen) atoms. The predicted octanol–water partition coefficient (Wildman–Crippen LogP) is 3.59. The van der Waals surface area contributed by atoms with E-state index in [0.717, 1.165) is 62.0 Å². The molecule has 1 atom stereocenters. The van der Waals surface area contributed by atoms with Crippen LogP contribution in [0.15, 0.2) is 24.3 Å². The number of urea groups is 1. The Morgan fingerprint density at radius 2 is 1.89 bits per heavy atom. The highest BCUT2D eigenvalue weighted by atomic mass is 32.1. The predicted molar refractivity (Wildman–Crippen MR) is 107 cm³/mol. The lowest BCUT2D eigenvalue weighted by Crippen LogP contribution is -2.48. The zero-order valence-corrected chi connectivity index (χ0v) is 16.3. The smallest absolute Gasteiger partial charge is 0.321 e. The molecule has 6 nitrogen and oxygen atoms in total. The highest BCUT2D eigenvalue weighted by Gasteiger charge is 2.29. The number of nitrogens with one attached hydrogen (secondary N) is 2. The molecule has 2 N–H and O–H groups in total. The number of likely N-dealkylation sites (tertiary alicyclic amines) is 1. The Hall–Kier alpha value is -1.99. The van der Waals surface area contributed by atoms with Crippen molar-refractivity contribution in [2.45, 2.75) is 57.0 Å². The second-order valence-corrected chi connectivity index (χ2v) is 8.57. The highest BCUT2D eigenvalue weighted by molar-refractivity contribution is 7.18. The van der Waals surface area contributed by atoms with Crippen molar-refractivity contribution in [2.75, 3.05) is 13.1 Å². The van der Waals surface area contributed by atoms with Gasteiger partial charge < -0.3 is 5.32 Å². The number of amides is 3. The van der Waals surface area contributed by atoms with Gasteiger partial charge in [-0.15, -0.1) is 11.3 Å². The minimum atomic E-state index is -0.361. The Labute approximate surface area is 163 Å². The number of aromatic nitrogens is 1. The van der Waals surface area contributed by atoms with E-state index in [-0.39, 0.29) is 30.6 Å². The first-order valence-electron chi connectivity index (χ1n) is 9.89. The molecule has 1 aromatic carbocycles. The number of hydrogen-bond donors (Lipinski definition) is 2. The van der Waals surface area contributed by atoms with E-state index in [4.69, 9.17) is 4.98 Å². The molecular formula is C20H26N4O2S. The first-order chi connectivity index (χ1) is 13.2. The number of thiazole rings is 1. The van der Waals surface area contributed by atoms with E-state index in [1.165, 1.54) is 4.70 Å². The molecule has 1 aliphatic carbocycles. The fourth-order valence-electron chi connectivity index (χ4n) is 4.13. The van der Waals surface area contributed by atoms with Crippen LogP contribution in [0.25, 0.3) is 10.2 Å². The summed E-state index contributed by atoms with van der Waals surface area (Å²) in [7, 11) is 0. The Bertz CT molecular complexity index is 782. The molecule has 2 aliphatic rings. The topological polar surface area (TPSA) is 74.3 Å². The first-order valence-corrected chi connectivity index (χ1v) is 10.7. The van der Waals surface area contributed by atoms with Crippen LogP contribution in [0.3, 0.4) is 0 Å². The Kier molecular flexibility index (Phi) is 5.69. The largest absolute Gasteiger partial charge is 0.335 e. The molecule has 1 saturated heterocycles. The normalized spacial score (nSPS) is 21.4. The molecule has 0 bridgehead atoms. The van der Waals surface area contributed by atoms with Crippen LogP contribution >= 0.6 is 11.3 Å². The van der Waals surface area contributed by atoms with E-state index in [9.17, 15) is 9.59 Å². The van der Waals surface area contributed by atoms with E-state index >= 15 is 0 Å². The summed E-state index contributed by atoms with van der Waals surface area (Å²) in [6.45, 7) is 1.09. The number of hydrogen-bond acceptors (Lipinski definition) is 5. The van der Waals surface area contributed by atoms with Crippen LogP contribution in [0.4, 0.5) is 4.79 Å². The highest BCUT2D eigenvalue weighted by Crippen LogP contribution is 2.35. The van der Waals surface area contributed by atoms with Crippen molar-refractivity contribution in [1.82, 2.24) is 20.5 Å². The Morgan fingerprint density at radius 1 is 1.11 bits per heavy atom. The standard InChI is InChI=1S/C20H26N4O2S/c25-18(23-20(26)21-14-7-1-2-8-14)13-24-12-6-5-10-16(24)19-22-15-9-3-4-11-17(15)27-19/h3-4,9,11,14,16H,1-2,5-8,10,12-13H2,(H2,21,23,25,26). The van der Waals surface area contributed by atoms with E-state index < -0.39 is 0 Å². The van der Waals surface area contributed by atoms with Gasteiger partial charge in [0, 0.05) is 6.04 Å². The van der Waals surface area contributed by atoms with Crippen LogP contribution in [0.2, 0.25) is 0 Å². The summed E-state index contributed by atoms with van der Waals surface area (Å²) >= 11 is 1.71. The molecule has 2 aromatic rings. The van der Waals surface area contributed by atoms with Crippen molar-refractivity contribution >= 4 is 33.5 Å². The lowest BCUT2D eigenvalue weighted by molar-refractivity contribution is -0.122. The average Bonchev–Trinajstić information content (AvgIpc) is 3.31. The van der Waals surface area contributed by atoms with Crippen LogP contribution < -0.4 is 10.6 Å². The quantitative estimate of drug-likeness (QED) is 0.842. The molecular weight excluding hydrogens is 360 g/mol. The third-order valence-corrected chi connectivity index (χ3v) is 6.64. The lowest BCUT2D eigenvalue weighted by atomic mass is 10.0. The van der Waals surface area contributed by atoms with Gasteiger partial charge in [-0.05, 0) is 44.4 Å². The van der Waals surface area contributed by atoms with Gasteiger partial charge >= 0.3 is 6.03 Å². The van der Waals surface area contributed by atoms with E-state index in [2.05, 4.69) is 21.6 Å². The van der Waals surface area contributed by atoms with Gasteiger partial charge in [0.15, 0.2) is 0 Å². The minimum Gasteiger partial charge on any atom is -0.335 e. The number of carbonyl (C=O) groups is 2. The fraction of sp³-hybridized carbons (Fsp3) is 0.550. The summed E-state index contributed by atoms with van der Waals surface area (Å²) in [5.74, 6) is -0.237. The van der Waals surface area contributed by atoms with Gasteiger partial charge in [-0.25, -0.2) is 9.78 Å². The van der Waals surface area contributed by atoms with Crippen LogP contribution in [0.1, 0.15) is 56.0 Å². The number of nitrogens with zero attached hydrogens (tertiary/aromatic N) is 2.